The number of nitrogens with zero attached hydrogens (tertiary/aromatic N) is 1. The number of hydrogen-bond donors (Lipinski definition) is 3. The van der Waals surface area contributed by atoms with Gasteiger partial charge in [-0.05, 0) is 0 Å². The molecule has 3 nitrogen and oxygen atoms in total. The van der Waals surface area contributed by atoms with Crippen LogP contribution in [0.25, 0.3) is 0 Å². The lowest BCUT2D eigenvalue weighted by Gasteiger charge is -2.29. The Balaban J connectivity index is 2.23. The van der Waals surface area contributed by atoms with Crippen LogP contribution in [-0.2, 0) is 0 Å². The highest BCUT2D eigenvalue weighted by molar-refractivity contribution is 7.80. The van der Waals surface area contributed by atoms with Crippen LogP contribution < -0.4 is 11.1 Å². The highest BCUT2D eigenvalue weighted by Gasteiger charge is 2.12. The molecular weight excluding hydrogens is 134 g/mol. The Labute approximate surface area is 61.0 Å². The fourth-order valence-electron chi connectivity index (χ4n) is 0.947. The number of rotatable bonds is 1. The molecule has 0 saturated carbocycles. The van der Waals surface area contributed by atoms with E-state index >= 15 is 0 Å². The monoisotopic (exact) mass is 147 g/mol. The first kappa shape index (κ1) is 7.34. The number of hydrogen-bond acceptors (Lipinski definition) is 4. The van der Waals surface area contributed by atoms with Gasteiger partial charge in [-0.3, -0.25) is 4.90 Å². The van der Waals surface area contributed by atoms with Crippen LogP contribution in [0.15, 0.2) is 0 Å². The van der Waals surface area contributed by atoms with Crippen molar-refractivity contribution >= 4 is 12.6 Å². The van der Waals surface area contributed by atoms with E-state index in [-0.39, 0.29) is 5.50 Å². The van der Waals surface area contributed by atoms with Gasteiger partial charge in [0, 0.05) is 26.2 Å². The Morgan fingerprint density at radius 1 is 1.44 bits per heavy atom. The molecule has 9 heavy (non-hydrogen) atoms. The van der Waals surface area contributed by atoms with E-state index in [1.165, 1.54) is 0 Å². The molecule has 0 aromatic heterocycles. The van der Waals surface area contributed by atoms with Crippen LogP contribution in [0.1, 0.15) is 0 Å². The zero-order valence-electron chi connectivity index (χ0n) is 5.38. The summed E-state index contributed by atoms with van der Waals surface area (Å²) in [5.41, 5.74) is 5.45. The smallest absolute Gasteiger partial charge is 0.103 e. The van der Waals surface area contributed by atoms with Crippen LogP contribution in [-0.4, -0.2) is 36.6 Å². The average molecular weight is 147 g/mol. The first-order valence-electron chi connectivity index (χ1n) is 3.19. The molecule has 1 unspecified atom stereocenters. The van der Waals surface area contributed by atoms with Gasteiger partial charge in [-0.1, -0.05) is 0 Å². The largest absolute Gasteiger partial charge is 0.314 e. The van der Waals surface area contributed by atoms with Crippen molar-refractivity contribution in [3.05, 3.63) is 0 Å². The summed E-state index contributed by atoms with van der Waals surface area (Å²) in [5.74, 6) is 0. The predicted octanol–water partition coefficient (Wildman–Crippen LogP) is -0.936. The molecule has 3 N–H and O–H groups in total. The second-order valence-electron chi connectivity index (χ2n) is 2.20. The molecule has 1 saturated heterocycles. The van der Waals surface area contributed by atoms with Crippen molar-refractivity contribution in [3.8, 4) is 0 Å². The third kappa shape index (κ3) is 2.14. The van der Waals surface area contributed by atoms with Crippen LogP contribution in [0.5, 0.6) is 0 Å². The molecule has 1 atom stereocenters. The van der Waals surface area contributed by atoms with Crippen molar-refractivity contribution in [2.24, 2.45) is 5.73 Å². The molecule has 1 fully saturated rings. The van der Waals surface area contributed by atoms with E-state index in [2.05, 4.69) is 22.8 Å². The summed E-state index contributed by atoms with van der Waals surface area (Å²) in [6.45, 7) is 4.11. The molecule has 4 heteroatoms. The fraction of sp³-hybridized carbons (Fsp3) is 1.00. The molecule has 54 valence electrons. The predicted molar refractivity (Wildman–Crippen MR) is 41.4 cm³/mol. The molecule has 0 amide bonds. The van der Waals surface area contributed by atoms with Gasteiger partial charge in [-0.2, -0.15) is 0 Å². The Morgan fingerprint density at radius 3 is 2.33 bits per heavy atom. The van der Waals surface area contributed by atoms with Crippen molar-refractivity contribution in [1.29, 1.82) is 0 Å². The van der Waals surface area contributed by atoms with E-state index in [0.29, 0.717) is 0 Å². The minimum atomic E-state index is -0.0768. The maximum absolute atomic E-state index is 5.53. The quantitative estimate of drug-likeness (QED) is 0.331. The van der Waals surface area contributed by atoms with Gasteiger partial charge in [0.05, 0.1) is 0 Å². The zero-order chi connectivity index (χ0) is 6.69. The molecule has 1 aliphatic heterocycles. The number of piperazine rings is 1. The highest BCUT2D eigenvalue weighted by Crippen LogP contribution is 1.97. The SMILES string of the molecule is NC(S)N1CCNCC1. The van der Waals surface area contributed by atoms with Gasteiger partial charge < -0.3 is 11.1 Å². The second-order valence-corrected chi connectivity index (χ2v) is 2.73. The van der Waals surface area contributed by atoms with Crippen molar-refractivity contribution in [2.75, 3.05) is 26.2 Å². The minimum absolute atomic E-state index is 0.0768. The normalized spacial score (nSPS) is 26.0. The van der Waals surface area contributed by atoms with Crippen LogP contribution in [0.2, 0.25) is 0 Å². The van der Waals surface area contributed by atoms with E-state index < -0.39 is 0 Å². The number of nitrogens with one attached hydrogen (secondary N) is 1. The lowest BCUT2D eigenvalue weighted by Crippen LogP contribution is -2.49. The Bertz CT molecular complexity index is 80.3. The molecule has 0 aliphatic carbocycles. The van der Waals surface area contributed by atoms with E-state index in [9.17, 15) is 0 Å². The molecule has 0 aromatic carbocycles. The van der Waals surface area contributed by atoms with Crippen molar-refractivity contribution in [3.63, 3.8) is 0 Å². The van der Waals surface area contributed by atoms with Gasteiger partial charge >= 0.3 is 0 Å². The van der Waals surface area contributed by atoms with Crippen LogP contribution >= 0.6 is 12.6 Å². The Hall–Kier alpha value is 0.230. The van der Waals surface area contributed by atoms with Crippen LogP contribution in [0.4, 0.5) is 0 Å². The summed E-state index contributed by atoms with van der Waals surface area (Å²) in [5, 5.41) is 3.24. The second kappa shape index (κ2) is 3.41. The number of thiol groups is 1. The third-order valence-electron chi connectivity index (χ3n) is 1.53. The molecule has 0 bridgehead atoms. The van der Waals surface area contributed by atoms with Gasteiger partial charge in [0.2, 0.25) is 0 Å². The zero-order valence-corrected chi connectivity index (χ0v) is 6.27. The highest BCUT2D eigenvalue weighted by atomic mass is 32.1. The standard InChI is InChI=1S/C5H13N3S/c6-5(9)8-3-1-7-2-4-8/h5,7,9H,1-4,6H2. The van der Waals surface area contributed by atoms with Gasteiger partial charge in [0.1, 0.15) is 5.50 Å². The molecule has 0 spiro atoms. The molecule has 0 aromatic rings. The van der Waals surface area contributed by atoms with Gasteiger partial charge in [-0.15, -0.1) is 12.6 Å². The molecule has 1 aliphatic rings. The molecule has 1 heterocycles. The maximum atomic E-state index is 5.53. The summed E-state index contributed by atoms with van der Waals surface area (Å²) in [7, 11) is 0. The Morgan fingerprint density at radius 2 is 2.00 bits per heavy atom. The molecule has 1 rings (SSSR count). The van der Waals surface area contributed by atoms with Gasteiger partial charge in [0.25, 0.3) is 0 Å². The third-order valence-corrected chi connectivity index (χ3v) is 1.85. The van der Waals surface area contributed by atoms with E-state index in [1.54, 1.807) is 0 Å². The average Bonchev–Trinajstić information content (AvgIpc) is 1.90. The van der Waals surface area contributed by atoms with Gasteiger partial charge in [0.15, 0.2) is 0 Å². The summed E-state index contributed by atoms with van der Waals surface area (Å²) >= 11 is 4.12. The minimum Gasteiger partial charge on any atom is -0.314 e. The van der Waals surface area contributed by atoms with E-state index in [1.807, 2.05) is 0 Å². The first-order chi connectivity index (χ1) is 4.30. The van der Waals surface area contributed by atoms with E-state index in [4.69, 9.17) is 5.73 Å². The Kier molecular flexibility index (Phi) is 2.78. The topological polar surface area (TPSA) is 41.3 Å². The summed E-state index contributed by atoms with van der Waals surface area (Å²) < 4.78 is 0. The fourth-order valence-corrected chi connectivity index (χ4v) is 1.18. The number of nitrogens with two attached hydrogens (primary N) is 1. The lowest BCUT2D eigenvalue weighted by atomic mass is 10.4. The maximum Gasteiger partial charge on any atom is 0.103 e. The van der Waals surface area contributed by atoms with Gasteiger partial charge in [-0.25, -0.2) is 0 Å². The van der Waals surface area contributed by atoms with Crippen LogP contribution in [0, 0.1) is 0 Å². The lowest BCUT2D eigenvalue weighted by molar-refractivity contribution is 0.229. The summed E-state index contributed by atoms with van der Waals surface area (Å²) in [6, 6.07) is 0. The molecular formula is C5H13N3S. The molecule has 0 radical (unpaired) electrons. The van der Waals surface area contributed by atoms with Crippen molar-refractivity contribution in [2.45, 2.75) is 5.50 Å². The summed E-state index contributed by atoms with van der Waals surface area (Å²) in [6.07, 6.45) is 0. The first-order valence-corrected chi connectivity index (χ1v) is 3.71. The van der Waals surface area contributed by atoms with Crippen LogP contribution in [0.3, 0.4) is 0 Å². The van der Waals surface area contributed by atoms with Crippen molar-refractivity contribution in [1.82, 2.24) is 10.2 Å². The summed E-state index contributed by atoms with van der Waals surface area (Å²) in [4.78, 5) is 2.14. The van der Waals surface area contributed by atoms with Crippen molar-refractivity contribution < 1.29 is 0 Å². The van der Waals surface area contributed by atoms with E-state index in [0.717, 1.165) is 26.2 Å².